The molecule has 1 aliphatic rings. The fraction of sp³-hybridized carbons (Fsp3) is 0.526. The fourth-order valence-corrected chi connectivity index (χ4v) is 3.27. The van der Waals surface area contributed by atoms with Crippen molar-refractivity contribution in [3.8, 4) is 0 Å². The molecule has 25 heavy (non-hydrogen) atoms. The van der Waals surface area contributed by atoms with Crippen molar-refractivity contribution in [2.75, 3.05) is 25.0 Å². The Bertz CT molecular complexity index is 746. The van der Waals surface area contributed by atoms with Crippen LogP contribution < -0.4 is 5.32 Å². The zero-order valence-electron chi connectivity index (χ0n) is 15.4. The van der Waals surface area contributed by atoms with Crippen molar-refractivity contribution in [2.24, 2.45) is 0 Å². The van der Waals surface area contributed by atoms with Crippen molar-refractivity contribution in [1.29, 1.82) is 0 Å². The summed E-state index contributed by atoms with van der Waals surface area (Å²) in [6.45, 7) is 9.32. The molecule has 1 saturated heterocycles. The number of hydrogen-bond donors (Lipinski definition) is 1. The summed E-state index contributed by atoms with van der Waals surface area (Å²) in [6.07, 6.45) is 5.12. The third-order valence-corrected chi connectivity index (χ3v) is 5.04. The highest BCUT2D eigenvalue weighted by Gasteiger charge is 2.21. The molecular formula is C19H27N5O. The molecule has 0 aliphatic carbocycles. The molecule has 0 spiro atoms. The summed E-state index contributed by atoms with van der Waals surface area (Å²) in [5.74, 6) is 0.744. The standard InChI is InChI=1S/C19H27N5O/c1-14-15(2)22-24(16(14)3)13-10-21-18-17(8-7-9-20-18)19(25)23-11-5-4-6-12-23/h7-9H,4-6,10-13H2,1-3H3,(H,20,21). The van der Waals surface area contributed by atoms with Crippen LogP contribution in [0.15, 0.2) is 18.3 Å². The van der Waals surface area contributed by atoms with Crippen LogP contribution in [0, 0.1) is 20.8 Å². The summed E-state index contributed by atoms with van der Waals surface area (Å²) < 4.78 is 2.01. The summed E-state index contributed by atoms with van der Waals surface area (Å²) in [4.78, 5) is 19.1. The largest absolute Gasteiger partial charge is 0.368 e. The Morgan fingerprint density at radius 1 is 1.20 bits per heavy atom. The molecule has 1 aliphatic heterocycles. The van der Waals surface area contributed by atoms with Gasteiger partial charge in [-0.3, -0.25) is 9.48 Å². The minimum atomic E-state index is 0.0808. The van der Waals surface area contributed by atoms with Gasteiger partial charge in [-0.2, -0.15) is 5.10 Å². The molecule has 134 valence electrons. The van der Waals surface area contributed by atoms with E-state index in [2.05, 4.69) is 29.2 Å². The smallest absolute Gasteiger partial charge is 0.257 e. The highest BCUT2D eigenvalue weighted by Crippen LogP contribution is 2.18. The van der Waals surface area contributed by atoms with Gasteiger partial charge in [-0.25, -0.2) is 4.98 Å². The Morgan fingerprint density at radius 3 is 2.64 bits per heavy atom. The number of likely N-dealkylation sites (tertiary alicyclic amines) is 1. The predicted octanol–water partition coefficient (Wildman–Crippen LogP) is 2.94. The third-order valence-electron chi connectivity index (χ3n) is 5.04. The minimum Gasteiger partial charge on any atom is -0.368 e. The second kappa shape index (κ2) is 7.68. The lowest BCUT2D eigenvalue weighted by Gasteiger charge is -2.27. The van der Waals surface area contributed by atoms with Crippen LogP contribution >= 0.6 is 0 Å². The molecule has 3 heterocycles. The van der Waals surface area contributed by atoms with E-state index in [1.54, 1.807) is 6.20 Å². The van der Waals surface area contributed by atoms with Crippen LogP contribution in [0.4, 0.5) is 5.82 Å². The van der Waals surface area contributed by atoms with Crippen molar-refractivity contribution in [3.05, 3.63) is 40.8 Å². The number of carbonyl (C=O) groups excluding carboxylic acids is 1. The van der Waals surface area contributed by atoms with Gasteiger partial charge in [-0.1, -0.05) is 0 Å². The molecule has 6 heteroatoms. The van der Waals surface area contributed by atoms with Crippen molar-refractivity contribution >= 4 is 11.7 Å². The van der Waals surface area contributed by atoms with E-state index in [4.69, 9.17) is 0 Å². The van der Waals surface area contributed by atoms with E-state index >= 15 is 0 Å². The molecule has 2 aromatic rings. The molecule has 0 unspecified atom stereocenters. The molecule has 0 radical (unpaired) electrons. The van der Waals surface area contributed by atoms with Gasteiger partial charge in [0.15, 0.2) is 0 Å². The maximum absolute atomic E-state index is 12.8. The Labute approximate surface area is 149 Å². The molecule has 1 fully saturated rings. The first-order valence-corrected chi connectivity index (χ1v) is 9.06. The van der Waals surface area contributed by atoms with E-state index < -0.39 is 0 Å². The van der Waals surface area contributed by atoms with Crippen LogP contribution in [0.1, 0.15) is 46.6 Å². The van der Waals surface area contributed by atoms with Crippen LogP contribution in [0.3, 0.4) is 0 Å². The summed E-state index contributed by atoms with van der Waals surface area (Å²) in [6, 6.07) is 3.69. The van der Waals surface area contributed by atoms with E-state index in [1.807, 2.05) is 28.6 Å². The van der Waals surface area contributed by atoms with E-state index in [9.17, 15) is 4.79 Å². The number of piperidine rings is 1. The van der Waals surface area contributed by atoms with Crippen LogP contribution in [-0.4, -0.2) is 45.2 Å². The van der Waals surface area contributed by atoms with E-state index in [-0.39, 0.29) is 5.91 Å². The van der Waals surface area contributed by atoms with Crippen molar-refractivity contribution < 1.29 is 4.79 Å². The van der Waals surface area contributed by atoms with Gasteiger partial charge < -0.3 is 10.2 Å². The maximum atomic E-state index is 12.8. The number of nitrogens with zero attached hydrogens (tertiary/aromatic N) is 4. The van der Waals surface area contributed by atoms with Crippen LogP contribution in [0.2, 0.25) is 0 Å². The Balaban J connectivity index is 1.66. The molecule has 0 atom stereocenters. The molecule has 0 aromatic carbocycles. The number of rotatable bonds is 5. The second-order valence-corrected chi connectivity index (χ2v) is 6.70. The fourth-order valence-electron chi connectivity index (χ4n) is 3.27. The minimum absolute atomic E-state index is 0.0808. The molecule has 3 rings (SSSR count). The summed E-state index contributed by atoms with van der Waals surface area (Å²) in [5, 5.41) is 7.87. The van der Waals surface area contributed by atoms with Gasteiger partial charge in [-0.15, -0.1) is 0 Å². The van der Waals surface area contributed by atoms with Gasteiger partial charge in [0, 0.05) is 31.5 Å². The highest BCUT2D eigenvalue weighted by molar-refractivity contribution is 5.98. The van der Waals surface area contributed by atoms with Gasteiger partial charge in [0.05, 0.1) is 17.8 Å². The number of amides is 1. The Morgan fingerprint density at radius 2 is 1.96 bits per heavy atom. The number of aryl methyl sites for hydroxylation is 1. The van der Waals surface area contributed by atoms with Gasteiger partial charge in [0.25, 0.3) is 5.91 Å². The normalized spacial score (nSPS) is 14.6. The van der Waals surface area contributed by atoms with Gasteiger partial charge >= 0.3 is 0 Å². The lowest BCUT2D eigenvalue weighted by Crippen LogP contribution is -2.36. The molecule has 0 saturated carbocycles. The monoisotopic (exact) mass is 341 g/mol. The Kier molecular flexibility index (Phi) is 5.36. The summed E-state index contributed by atoms with van der Waals surface area (Å²) in [5.41, 5.74) is 4.15. The van der Waals surface area contributed by atoms with Gasteiger partial charge in [0.2, 0.25) is 0 Å². The first-order chi connectivity index (χ1) is 12.1. The molecule has 2 aromatic heterocycles. The molecule has 1 amide bonds. The topological polar surface area (TPSA) is 63.1 Å². The number of carbonyl (C=O) groups is 1. The average Bonchev–Trinajstić information content (AvgIpc) is 2.89. The van der Waals surface area contributed by atoms with Crippen molar-refractivity contribution in [1.82, 2.24) is 19.7 Å². The zero-order valence-corrected chi connectivity index (χ0v) is 15.4. The number of aromatic nitrogens is 3. The van der Waals surface area contributed by atoms with E-state index in [0.717, 1.165) is 38.2 Å². The van der Waals surface area contributed by atoms with Crippen LogP contribution in [-0.2, 0) is 6.54 Å². The number of hydrogen-bond acceptors (Lipinski definition) is 4. The molecule has 1 N–H and O–H groups in total. The second-order valence-electron chi connectivity index (χ2n) is 6.70. The van der Waals surface area contributed by atoms with E-state index in [1.165, 1.54) is 17.7 Å². The first-order valence-electron chi connectivity index (χ1n) is 9.06. The quantitative estimate of drug-likeness (QED) is 0.908. The SMILES string of the molecule is Cc1nn(CCNc2ncccc2C(=O)N2CCCCC2)c(C)c1C. The van der Waals surface area contributed by atoms with Gasteiger partial charge in [-0.05, 0) is 57.7 Å². The summed E-state index contributed by atoms with van der Waals surface area (Å²) >= 11 is 0. The van der Waals surface area contributed by atoms with E-state index in [0.29, 0.717) is 17.9 Å². The highest BCUT2D eigenvalue weighted by atomic mass is 16.2. The lowest BCUT2D eigenvalue weighted by atomic mass is 10.1. The average molecular weight is 341 g/mol. The third kappa shape index (κ3) is 3.83. The number of nitrogens with one attached hydrogen (secondary N) is 1. The number of pyridine rings is 1. The van der Waals surface area contributed by atoms with Crippen LogP contribution in [0.5, 0.6) is 0 Å². The van der Waals surface area contributed by atoms with Gasteiger partial charge in [0.1, 0.15) is 5.82 Å². The molecule has 6 nitrogen and oxygen atoms in total. The van der Waals surface area contributed by atoms with Crippen molar-refractivity contribution in [3.63, 3.8) is 0 Å². The van der Waals surface area contributed by atoms with Crippen LogP contribution in [0.25, 0.3) is 0 Å². The molecule has 0 bridgehead atoms. The Hall–Kier alpha value is -2.37. The first kappa shape index (κ1) is 17.5. The number of anilines is 1. The zero-order chi connectivity index (χ0) is 17.8. The van der Waals surface area contributed by atoms with Crippen molar-refractivity contribution in [2.45, 2.75) is 46.6 Å². The molecular weight excluding hydrogens is 314 g/mol. The summed E-state index contributed by atoms with van der Waals surface area (Å²) in [7, 11) is 0. The lowest BCUT2D eigenvalue weighted by molar-refractivity contribution is 0.0725. The predicted molar refractivity (Wildman–Crippen MR) is 98.9 cm³/mol. The maximum Gasteiger partial charge on any atom is 0.257 e.